The van der Waals surface area contributed by atoms with Gasteiger partial charge in [-0.2, -0.15) is 5.10 Å². The van der Waals surface area contributed by atoms with E-state index in [2.05, 4.69) is 35.7 Å². The standard InChI is InChI=1S/C14H24N4O2/c1-14(2,3)18-7-5-17(6-8-18)10-12-11(13(19)20)9-15-16(12)4/h9H,5-8,10H2,1-4H3,(H,19,20). The van der Waals surface area contributed by atoms with Gasteiger partial charge in [0.2, 0.25) is 0 Å². The van der Waals surface area contributed by atoms with E-state index in [1.807, 2.05) is 0 Å². The number of aromatic carboxylic acids is 1. The van der Waals surface area contributed by atoms with Crippen molar-refractivity contribution in [2.24, 2.45) is 7.05 Å². The number of carboxylic acid groups (broad SMARTS) is 1. The molecule has 0 aliphatic carbocycles. The molecule has 0 saturated carbocycles. The van der Waals surface area contributed by atoms with Crippen molar-refractivity contribution in [1.82, 2.24) is 19.6 Å². The molecule has 0 amide bonds. The molecule has 0 aromatic carbocycles. The monoisotopic (exact) mass is 280 g/mol. The maximum atomic E-state index is 11.2. The van der Waals surface area contributed by atoms with Gasteiger partial charge in [0.1, 0.15) is 5.56 Å². The summed E-state index contributed by atoms with van der Waals surface area (Å²) in [5, 5.41) is 13.2. The van der Waals surface area contributed by atoms with E-state index in [-0.39, 0.29) is 5.54 Å². The molecule has 1 aliphatic heterocycles. The SMILES string of the molecule is Cn1ncc(C(=O)O)c1CN1CCN(C(C)(C)C)CC1. The summed E-state index contributed by atoms with van der Waals surface area (Å²) < 4.78 is 1.67. The minimum absolute atomic E-state index is 0.199. The maximum Gasteiger partial charge on any atom is 0.339 e. The van der Waals surface area contributed by atoms with Crippen molar-refractivity contribution >= 4 is 5.97 Å². The van der Waals surface area contributed by atoms with Crippen LogP contribution in [0, 0.1) is 0 Å². The molecule has 1 fully saturated rings. The van der Waals surface area contributed by atoms with Crippen LogP contribution in [0.1, 0.15) is 36.8 Å². The van der Waals surface area contributed by atoms with E-state index in [1.54, 1.807) is 11.7 Å². The summed E-state index contributed by atoms with van der Waals surface area (Å²) in [6, 6.07) is 0. The summed E-state index contributed by atoms with van der Waals surface area (Å²) in [6.07, 6.45) is 1.43. The minimum Gasteiger partial charge on any atom is -0.478 e. The van der Waals surface area contributed by atoms with Crippen molar-refractivity contribution in [3.05, 3.63) is 17.5 Å². The first-order valence-corrected chi connectivity index (χ1v) is 7.00. The fourth-order valence-electron chi connectivity index (χ4n) is 2.62. The van der Waals surface area contributed by atoms with E-state index in [0.29, 0.717) is 12.1 Å². The van der Waals surface area contributed by atoms with Gasteiger partial charge in [-0.3, -0.25) is 14.5 Å². The summed E-state index contributed by atoms with van der Waals surface area (Å²) in [7, 11) is 1.80. The number of carbonyl (C=O) groups is 1. The second-order valence-corrected chi connectivity index (χ2v) is 6.37. The van der Waals surface area contributed by atoms with Crippen LogP contribution in [-0.2, 0) is 13.6 Å². The highest BCUT2D eigenvalue weighted by molar-refractivity contribution is 5.88. The van der Waals surface area contributed by atoms with Crippen molar-refractivity contribution in [2.75, 3.05) is 26.2 Å². The average molecular weight is 280 g/mol. The zero-order valence-corrected chi connectivity index (χ0v) is 12.8. The van der Waals surface area contributed by atoms with Gasteiger partial charge in [-0.05, 0) is 20.8 Å². The Morgan fingerprint density at radius 2 is 1.90 bits per heavy atom. The number of piperazine rings is 1. The van der Waals surface area contributed by atoms with Crippen molar-refractivity contribution in [1.29, 1.82) is 0 Å². The average Bonchev–Trinajstić information content (AvgIpc) is 2.71. The molecule has 1 saturated heterocycles. The van der Waals surface area contributed by atoms with Crippen LogP contribution in [0.2, 0.25) is 0 Å². The van der Waals surface area contributed by atoms with E-state index in [4.69, 9.17) is 0 Å². The molecule has 0 bridgehead atoms. The zero-order valence-electron chi connectivity index (χ0n) is 12.8. The molecule has 0 unspecified atom stereocenters. The van der Waals surface area contributed by atoms with Crippen LogP contribution in [0.3, 0.4) is 0 Å². The van der Waals surface area contributed by atoms with E-state index in [1.165, 1.54) is 6.20 Å². The van der Waals surface area contributed by atoms with Gasteiger partial charge in [0.05, 0.1) is 11.9 Å². The van der Waals surface area contributed by atoms with Gasteiger partial charge < -0.3 is 5.11 Å². The van der Waals surface area contributed by atoms with Crippen LogP contribution >= 0.6 is 0 Å². The quantitative estimate of drug-likeness (QED) is 0.896. The van der Waals surface area contributed by atoms with E-state index < -0.39 is 5.97 Å². The molecule has 1 aliphatic rings. The van der Waals surface area contributed by atoms with Gasteiger partial charge >= 0.3 is 5.97 Å². The molecule has 6 heteroatoms. The molecular weight excluding hydrogens is 256 g/mol. The smallest absolute Gasteiger partial charge is 0.339 e. The first-order chi connectivity index (χ1) is 9.29. The fraction of sp³-hybridized carbons (Fsp3) is 0.714. The van der Waals surface area contributed by atoms with Crippen LogP contribution in [0.4, 0.5) is 0 Å². The lowest BCUT2D eigenvalue weighted by Crippen LogP contribution is -2.53. The zero-order chi connectivity index (χ0) is 14.9. The summed E-state index contributed by atoms with van der Waals surface area (Å²) in [5.74, 6) is -0.901. The molecule has 0 radical (unpaired) electrons. The Morgan fingerprint density at radius 3 is 2.40 bits per heavy atom. The third kappa shape index (κ3) is 3.19. The normalized spacial score (nSPS) is 18.4. The summed E-state index contributed by atoms with van der Waals surface area (Å²) in [5.41, 5.74) is 1.29. The number of carboxylic acids is 1. The predicted octanol–water partition coefficient (Wildman–Crippen LogP) is 1.03. The number of rotatable bonds is 3. The third-order valence-corrected chi connectivity index (χ3v) is 3.99. The minimum atomic E-state index is -0.901. The predicted molar refractivity (Wildman–Crippen MR) is 76.8 cm³/mol. The molecule has 2 heterocycles. The molecule has 20 heavy (non-hydrogen) atoms. The number of nitrogens with zero attached hydrogens (tertiary/aromatic N) is 4. The van der Waals surface area contributed by atoms with Crippen molar-refractivity contribution in [2.45, 2.75) is 32.9 Å². The van der Waals surface area contributed by atoms with Gasteiger partial charge in [-0.15, -0.1) is 0 Å². The third-order valence-electron chi connectivity index (χ3n) is 3.99. The molecular formula is C14H24N4O2. The van der Waals surface area contributed by atoms with Gasteiger partial charge in [-0.25, -0.2) is 4.79 Å². The van der Waals surface area contributed by atoms with Crippen LogP contribution in [0.5, 0.6) is 0 Å². The molecule has 1 N–H and O–H groups in total. The molecule has 6 nitrogen and oxygen atoms in total. The molecule has 112 valence electrons. The van der Waals surface area contributed by atoms with Gasteiger partial charge in [0.15, 0.2) is 0 Å². The van der Waals surface area contributed by atoms with Gasteiger partial charge in [0.25, 0.3) is 0 Å². The number of aryl methyl sites for hydroxylation is 1. The largest absolute Gasteiger partial charge is 0.478 e. The van der Waals surface area contributed by atoms with Gasteiger partial charge in [-0.1, -0.05) is 0 Å². The number of aromatic nitrogens is 2. The summed E-state index contributed by atoms with van der Waals surface area (Å²) >= 11 is 0. The second kappa shape index (κ2) is 5.54. The Morgan fingerprint density at radius 1 is 1.30 bits per heavy atom. The topological polar surface area (TPSA) is 61.6 Å². The van der Waals surface area contributed by atoms with Crippen LogP contribution in [-0.4, -0.2) is 62.4 Å². The Balaban J connectivity index is 2.00. The Labute approximate surface area is 120 Å². The van der Waals surface area contributed by atoms with Crippen molar-refractivity contribution in [3.63, 3.8) is 0 Å². The second-order valence-electron chi connectivity index (χ2n) is 6.37. The number of hydrogen-bond acceptors (Lipinski definition) is 4. The molecule has 0 atom stereocenters. The Bertz CT molecular complexity index is 482. The summed E-state index contributed by atoms with van der Waals surface area (Å²) in [6.45, 7) is 11.3. The first-order valence-electron chi connectivity index (χ1n) is 7.00. The van der Waals surface area contributed by atoms with Crippen LogP contribution in [0.25, 0.3) is 0 Å². The van der Waals surface area contributed by atoms with Crippen LogP contribution < -0.4 is 0 Å². The highest BCUT2D eigenvalue weighted by atomic mass is 16.4. The van der Waals surface area contributed by atoms with Gasteiger partial charge in [0, 0.05) is 45.3 Å². The highest BCUT2D eigenvalue weighted by Crippen LogP contribution is 2.18. The lowest BCUT2D eigenvalue weighted by molar-refractivity contribution is 0.0573. The first kappa shape index (κ1) is 15.0. The van der Waals surface area contributed by atoms with Crippen LogP contribution in [0.15, 0.2) is 6.20 Å². The highest BCUT2D eigenvalue weighted by Gasteiger charge is 2.27. The lowest BCUT2D eigenvalue weighted by atomic mass is 10.0. The lowest BCUT2D eigenvalue weighted by Gasteiger charge is -2.42. The van der Waals surface area contributed by atoms with Crippen molar-refractivity contribution < 1.29 is 9.90 Å². The summed E-state index contributed by atoms with van der Waals surface area (Å²) in [4.78, 5) is 15.9. The molecule has 2 rings (SSSR count). The number of hydrogen-bond donors (Lipinski definition) is 1. The van der Waals surface area contributed by atoms with Crippen molar-refractivity contribution in [3.8, 4) is 0 Å². The Hall–Kier alpha value is -1.40. The maximum absolute atomic E-state index is 11.2. The van der Waals surface area contributed by atoms with E-state index >= 15 is 0 Å². The van der Waals surface area contributed by atoms with E-state index in [9.17, 15) is 9.90 Å². The van der Waals surface area contributed by atoms with E-state index in [0.717, 1.165) is 31.9 Å². The molecule has 1 aromatic rings. The molecule has 0 spiro atoms. The molecule has 1 aromatic heterocycles. The Kier molecular flexibility index (Phi) is 4.15. The fourth-order valence-corrected chi connectivity index (χ4v) is 2.62.